The highest BCUT2D eigenvalue weighted by molar-refractivity contribution is 7.99. The molecule has 0 amide bonds. The molecule has 3 aromatic carbocycles. The maximum atomic E-state index is 6.05. The molecular weight excluding hydrogens is 434 g/mol. The highest BCUT2D eigenvalue weighted by Gasteiger charge is 2.27. The molecule has 3 rings (SSSR count). The fraction of sp³-hybridized carbons (Fsp3) is 0.387. The lowest BCUT2D eigenvalue weighted by molar-refractivity contribution is -0.437. The van der Waals surface area contributed by atoms with Crippen molar-refractivity contribution in [3.8, 4) is 5.75 Å². The summed E-state index contributed by atoms with van der Waals surface area (Å²) < 4.78 is 8.44. The normalized spacial score (nSPS) is 12.6. The van der Waals surface area contributed by atoms with E-state index in [0.29, 0.717) is 0 Å². The molecule has 0 saturated carbocycles. The van der Waals surface area contributed by atoms with Crippen molar-refractivity contribution < 1.29 is 9.31 Å². The Morgan fingerprint density at radius 2 is 1.50 bits per heavy atom. The summed E-state index contributed by atoms with van der Waals surface area (Å²) in [7, 11) is 1.79. The molecule has 0 aliphatic heterocycles. The second-order valence-corrected chi connectivity index (χ2v) is 12.0. The van der Waals surface area contributed by atoms with E-state index in [1.807, 2.05) is 11.8 Å². The molecule has 0 saturated heterocycles. The summed E-state index contributed by atoms with van der Waals surface area (Å²) in [4.78, 5) is 2.49. The third-order valence-corrected chi connectivity index (χ3v) is 6.97. The van der Waals surface area contributed by atoms with Gasteiger partial charge < -0.3 is 4.74 Å². The first-order valence-corrected chi connectivity index (χ1v) is 13.0. The molecule has 0 aliphatic rings. The second-order valence-electron chi connectivity index (χ2n) is 10.9. The number of hydrogen-bond acceptors (Lipinski definition) is 2. The van der Waals surface area contributed by atoms with Crippen molar-refractivity contribution in [2.45, 2.75) is 75.5 Å². The summed E-state index contributed by atoms with van der Waals surface area (Å²) in [5, 5.41) is 0. The van der Waals surface area contributed by atoms with Gasteiger partial charge in [-0.15, -0.1) is 0 Å². The fourth-order valence-corrected chi connectivity index (χ4v) is 5.01. The monoisotopic (exact) mass is 474 g/mol. The number of hydrogen-bond donors (Lipinski definition) is 0. The molecule has 0 unspecified atom stereocenters. The van der Waals surface area contributed by atoms with Gasteiger partial charge in [0.05, 0.1) is 17.6 Å². The number of methoxy groups -OCH3 is 1. The maximum absolute atomic E-state index is 6.05. The number of benzene rings is 3. The van der Waals surface area contributed by atoms with Gasteiger partial charge in [-0.05, 0) is 40.7 Å². The Hall–Kier alpha value is -2.52. The van der Waals surface area contributed by atoms with Gasteiger partial charge in [-0.2, -0.15) is 4.58 Å². The van der Waals surface area contributed by atoms with Crippen LogP contribution in [0.2, 0.25) is 0 Å². The zero-order valence-corrected chi connectivity index (χ0v) is 22.9. The average Bonchev–Trinajstić information content (AvgIpc) is 2.78. The lowest BCUT2D eigenvalue weighted by atomic mass is 9.79. The van der Waals surface area contributed by atoms with Crippen molar-refractivity contribution in [2.24, 2.45) is 0 Å². The molecule has 3 aromatic rings. The summed E-state index contributed by atoms with van der Waals surface area (Å²) in [5.41, 5.74) is 4.95. The van der Waals surface area contributed by atoms with Gasteiger partial charge in [-0.1, -0.05) is 96.6 Å². The summed E-state index contributed by atoms with van der Waals surface area (Å²) in [6.45, 7) is 16.8. The van der Waals surface area contributed by atoms with Crippen molar-refractivity contribution in [3.63, 3.8) is 0 Å². The predicted octanol–water partition coefficient (Wildman–Crippen LogP) is 8.61. The summed E-state index contributed by atoms with van der Waals surface area (Å²) in [5.74, 6) is 0.967. The Bertz CT molecular complexity index is 1130. The minimum atomic E-state index is -0.0220. The van der Waals surface area contributed by atoms with Gasteiger partial charge in [0.15, 0.2) is 6.21 Å². The number of nitrogens with zero attached hydrogens (tertiary/aromatic N) is 1. The van der Waals surface area contributed by atoms with E-state index in [9.17, 15) is 0 Å². The van der Waals surface area contributed by atoms with Crippen LogP contribution in [0, 0.1) is 0 Å². The highest BCUT2D eigenvalue weighted by Crippen LogP contribution is 2.39. The van der Waals surface area contributed by atoms with Gasteiger partial charge in [0.25, 0.3) is 0 Å². The Morgan fingerprint density at radius 3 is 2.09 bits per heavy atom. The van der Waals surface area contributed by atoms with Crippen LogP contribution >= 0.6 is 11.8 Å². The molecule has 0 aliphatic carbocycles. The summed E-state index contributed by atoms with van der Waals surface area (Å²) >= 11 is 1.81. The van der Waals surface area contributed by atoms with Crippen LogP contribution in [-0.2, 0) is 10.8 Å². The van der Waals surface area contributed by atoms with E-state index in [-0.39, 0.29) is 10.8 Å². The first-order valence-electron chi connectivity index (χ1n) is 12.2. The number of para-hydroxylation sites is 1. The van der Waals surface area contributed by atoms with E-state index in [1.165, 1.54) is 26.6 Å². The van der Waals surface area contributed by atoms with Crippen LogP contribution in [0.3, 0.4) is 0 Å². The molecule has 0 aromatic heterocycles. The fourth-order valence-electron chi connectivity index (χ4n) is 4.02. The first kappa shape index (κ1) is 26.1. The van der Waals surface area contributed by atoms with Crippen LogP contribution in [0.5, 0.6) is 5.75 Å². The minimum Gasteiger partial charge on any atom is -0.496 e. The molecule has 0 radical (unpaired) electrons. The molecule has 0 bridgehead atoms. The van der Waals surface area contributed by atoms with Gasteiger partial charge in [0, 0.05) is 22.9 Å². The number of ether oxygens (including phenoxy) is 1. The highest BCUT2D eigenvalue weighted by atomic mass is 32.2. The lowest BCUT2D eigenvalue weighted by Crippen LogP contribution is -2.20. The molecule has 0 N–H and O–H groups in total. The van der Waals surface area contributed by atoms with Gasteiger partial charge in [-0.25, -0.2) is 0 Å². The van der Waals surface area contributed by atoms with Crippen molar-refractivity contribution in [3.05, 3.63) is 83.4 Å². The molecule has 0 heterocycles. The quantitative estimate of drug-likeness (QED) is 0.251. The van der Waals surface area contributed by atoms with E-state index in [2.05, 4.69) is 126 Å². The lowest BCUT2D eigenvalue weighted by Gasteiger charge is -2.28. The predicted molar refractivity (Wildman–Crippen MR) is 148 cm³/mol. The topological polar surface area (TPSA) is 12.2 Å². The van der Waals surface area contributed by atoms with Crippen LogP contribution < -0.4 is 4.74 Å². The standard InChI is InChI=1S/C31H40NOS/c1-9-19-32(27-17-13-14-18-28(27)34-25-15-11-10-12-16-25)22-23-20-24(30(2,3)4)21-26(29(23)33-8)31(5,6)7/h10-18,20-22H,9,19H2,1-8H3/q+1. The van der Waals surface area contributed by atoms with E-state index in [1.54, 1.807) is 7.11 Å². The molecule has 180 valence electrons. The van der Waals surface area contributed by atoms with Gasteiger partial charge >= 0.3 is 0 Å². The van der Waals surface area contributed by atoms with Crippen molar-refractivity contribution in [1.82, 2.24) is 0 Å². The Morgan fingerprint density at radius 1 is 0.853 bits per heavy atom. The van der Waals surface area contributed by atoms with Crippen molar-refractivity contribution >= 4 is 23.7 Å². The Balaban J connectivity index is 2.22. The van der Waals surface area contributed by atoms with Crippen LogP contribution in [-0.4, -0.2) is 24.4 Å². The Kier molecular flexibility index (Phi) is 8.30. The molecule has 0 fully saturated rings. The van der Waals surface area contributed by atoms with Gasteiger partial charge in [0.1, 0.15) is 12.3 Å². The molecule has 2 nitrogen and oxygen atoms in total. The van der Waals surface area contributed by atoms with E-state index >= 15 is 0 Å². The van der Waals surface area contributed by atoms with Crippen LogP contribution in [0.15, 0.2) is 76.5 Å². The van der Waals surface area contributed by atoms with E-state index < -0.39 is 0 Å². The Labute approximate surface area is 211 Å². The zero-order valence-electron chi connectivity index (χ0n) is 22.1. The van der Waals surface area contributed by atoms with Gasteiger partial charge in [-0.3, -0.25) is 0 Å². The van der Waals surface area contributed by atoms with Crippen LogP contribution in [0.1, 0.15) is 71.6 Å². The summed E-state index contributed by atoms with van der Waals surface area (Å²) in [6, 6.07) is 23.9. The van der Waals surface area contributed by atoms with E-state index in [4.69, 9.17) is 4.74 Å². The minimum absolute atomic E-state index is 0.0220. The summed E-state index contributed by atoms with van der Waals surface area (Å²) in [6.07, 6.45) is 3.34. The maximum Gasteiger partial charge on any atom is 0.219 e. The smallest absolute Gasteiger partial charge is 0.219 e. The van der Waals surface area contributed by atoms with E-state index in [0.717, 1.165) is 24.3 Å². The zero-order chi connectivity index (χ0) is 24.9. The first-order chi connectivity index (χ1) is 16.0. The van der Waals surface area contributed by atoms with Crippen LogP contribution in [0.25, 0.3) is 0 Å². The van der Waals surface area contributed by atoms with Crippen molar-refractivity contribution in [2.75, 3.05) is 13.7 Å². The van der Waals surface area contributed by atoms with Crippen molar-refractivity contribution in [1.29, 1.82) is 0 Å². The second kappa shape index (κ2) is 10.8. The third kappa shape index (κ3) is 6.33. The molecule has 3 heteroatoms. The molecule has 34 heavy (non-hydrogen) atoms. The van der Waals surface area contributed by atoms with Gasteiger partial charge in [0.2, 0.25) is 5.69 Å². The third-order valence-electron chi connectivity index (χ3n) is 5.90. The molecule has 0 atom stereocenters. The number of rotatable bonds is 7. The SMILES string of the molecule is CCC[N+](=Cc1cc(C(C)(C)C)cc(C(C)(C)C)c1OC)c1ccccc1Sc1ccccc1. The molecular formula is C31H40NOS+. The largest absolute Gasteiger partial charge is 0.496 e. The van der Waals surface area contributed by atoms with Crippen LogP contribution in [0.4, 0.5) is 5.69 Å². The molecule has 0 spiro atoms. The average molecular weight is 475 g/mol.